The van der Waals surface area contributed by atoms with Gasteiger partial charge in [-0.2, -0.15) is 4.98 Å². The number of unbranched alkanes of at least 4 members (excludes halogenated alkanes) is 1. The van der Waals surface area contributed by atoms with Gasteiger partial charge in [0.1, 0.15) is 5.84 Å². The first-order valence-electron chi connectivity index (χ1n) is 6.43. The standard InChI is InChI=1S/C12H23N5O2/c1-9-15-10(19-17-9)8-14-7-5-4-6-12(2,3)11(13)16-18/h14,18H,4-8H2,1-3H3,(H2,13,16). The monoisotopic (exact) mass is 269 g/mol. The van der Waals surface area contributed by atoms with E-state index >= 15 is 0 Å². The van der Waals surface area contributed by atoms with Crippen LogP contribution in [-0.2, 0) is 6.54 Å². The molecule has 7 nitrogen and oxygen atoms in total. The lowest BCUT2D eigenvalue weighted by atomic mass is 9.86. The Bertz CT molecular complexity index is 414. The SMILES string of the molecule is Cc1noc(CNCCCCC(C)(C)C(N)=NO)n1. The maximum absolute atomic E-state index is 8.67. The fourth-order valence-corrected chi connectivity index (χ4v) is 1.69. The average Bonchev–Trinajstić information content (AvgIpc) is 2.78. The Hall–Kier alpha value is -1.63. The number of hydrogen-bond acceptors (Lipinski definition) is 6. The lowest BCUT2D eigenvalue weighted by Crippen LogP contribution is -2.32. The number of amidine groups is 1. The smallest absolute Gasteiger partial charge is 0.240 e. The molecule has 0 saturated heterocycles. The summed E-state index contributed by atoms with van der Waals surface area (Å²) >= 11 is 0. The van der Waals surface area contributed by atoms with E-state index in [9.17, 15) is 0 Å². The summed E-state index contributed by atoms with van der Waals surface area (Å²) in [7, 11) is 0. The van der Waals surface area contributed by atoms with E-state index in [2.05, 4.69) is 20.6 Å². The molecule has 0 aliphatic rings. The van der Waals surface area contributed by atoms with E-state index in [1.807, 2.05) is 13.8 Å². The maximum atomic E-state index is 8.67. The molecule has 1 aromatic heterocycles. The van der Waals surface area contributed by atoms with Gasteiger partial charge < -0.3 is 20.8 Å². The van der Waals surface area contributed by atoms with Gasteiger partial charge in [0.15, 0.2) is 5.82 Å². The third-order valence-electron chi connectivity index (χ3n) is 3.05. The van der Waals surface area contributed by atoms with Crippen LogP contribution in [0.15, 0.2) is 9.68 Å². The van der Waals surface area contributed by atoms with Crippen LogP contribution < -0.4 is 11.1 Å². The van der Waals surface area contributed by atoms with E-state index in [0.29, 0.717) is 18.3 Å². The highest BCUT2D eigenvalue weighted by molar-refractivity contribution is 5.85. The summed E-state index contributed by atoms with van der Waals surface area (Å²) in [4.78, 5) is 4.10. The van der Waals surface area contributed by atoms with Gasteiger partial charge in [-0.25, -0.2) is 0 Å². The first-order chi connectivity index (χ1) is 8.95. The number of hydrogen-bond donors (Lipinski definition) is 3. The van der Waals surface area contributed by atoms with Crippen LogP contribution in [0.2, 0.25) is 0 Å². The number of rotatable bonds is 8. The highest BCUT2D eigenvalue weighted by Crippen LogP contribution is 2.23. The Labute approximate surface area is 113 Å². The molecule has 0 amide bonds. The van der Waals surface area contributed by atoms with E-state index < -0.39 is 0 Å². The van der Waals surface area contributed by atoms with Gasteiger partial charge in [-0.15, -0.1) is 0 Å². The Kier molecular flexibility index (Phi) is 5.75. The number of nitrogens with two attached hydrogens (primary N) is 1. The first-order valence-corrected chi connectivity index (χ1v) is 6.43. The normalized spacial score (nSPS) is 12.9. The molecule has 1 heterocycles. The summed E-state index contributed by atoms with van der Waals surface area (Å²) in [5, 5.41) is 18.7. The highest BCUT2D eigenvalue weighted by atomic mass is 16.5. The fourth-order valence-electron chi connectivity index (χ4n) is 1.69. The molecule has 1 aromatic rings. The van der Waals surface area contributed by atoms with Gasteiger partial charge in [0.05, 0.1) is 6.54 Å². The minimum atomic E-state index is -0.266. The topological polar surface area (TPSA) is 110 Å². The summed E-state index contributed by atoms with van der Waals surface area (Å²) in [6.07, 6.45) is 2.89. The zero-order valence-electron chi connectivity index (χ0n) is 11.8. The van der Waals surface area contributed by atoms with Gasteiger partial charge in [-0.1, -0.05) is 30.6 Å². The molecule has 0 aromatic carbocycles. The number of nitrogens with one attached hydrogen (secondary N) is 1. The lowest BCUT2D eigenvalue weighted by Gasteiger charge is -2.22. The van der Waals surface area contributed by atoms with Crippen molar-refractivity contribution < 1.29 is 9.73 Å². The van der Waals surface area contributed by atoms with Crippen molar-refractivity contribution in [1.29, 1.82) is 0 Å². The molecule has 0 saturated carbocycles. The van der Waals surface area contributed by atoms with E-state index in [1.165, 1.54) is 0 Å². The number of aryl methyl sites for hydroxylation is 1. The Balaban J connectivity index is 2.11. The molecule has 108 valence electrons. The third-order valence-corrected chi connectivity index (χ3v) is 3.05. The Morgan fingerprint density at radius 2 is 2.21 bits per heavy atom. The van der Waals surface area contributed by atoms with Crippen LogP contribution in [0.5, 0.6) is 0 Å². The average molecular weight is 269 g/mol. The number of aromatic nitrogens is 2. The summed E-state index contributed by atoms with van der Waals surface area (Å²) in [5.74, 6) is 1.54. The van der Waals surface area contributed by atoms with Gasteiger partial charge in [0, 0.05) is 5.41 Å². The summed E-state index contributed by atoms with van der Waals surface area (Å²) < 4.78 is 4.99. The highest BCUT2D eigenvalue weighted by Gasteiger charge is 2.22. The summed E-state index contributed by atoms with van der Waals surface area (Å²) in [6, 6.07) is 0. The van der Waals surface area contributed by atoms with Gasteiger partial charge in [-0.3, -0.25) is 0 Å². The minimum absolute atomic E-state index is 0.266. The van der Waals surface area contributed by atoms with Crippen molar-refractivity contribution in [3.8, 4) is 0 Å². The van der Waals surface area contributed by atoms with Gasteiger partial charge >= 0.3 is 0 Å². The molecule has 1 rings (SSSR count). The summed E-state index contributed by atoms with van der Waals surface area (Å²) in [6.45, 7) is 7.19. The van der Waals surface area contributed by atoms with Crippen LogP contribution >= 0.6 is 0 Å². The molecular formula is C12H23N5O2. The predicted octanol–water partition coefficient (Wildman–Crippen LogP) is 1.41. The van der Waals surface area contributed by atoms with E-state index in [-0.39, 0.29) is 11.3 Å². The molecule has 0 spiro atoms. The van der Waals surface area contributed by atoms with Crippen molar-refractivity contribution in [2.75, 3.05) is 6.54 Å². The van der Waals surface area contributed by atoms with E-state index in [1.54, 1.807) is 6.92 Å². The second kappa shape index (κ2) is 7.08. The second-order valence-corrected chi connectivity index (χ2v) is 5.24. The Morgan fingerprint density at radius 3 is 2.79 bits per heavy atom. The largest absolute Gasteiger partial charge is 0.409 e. The molecule has 0 unspecified atom stereocenters. The quantitative estimate of drug-likeness (QED) is 0.216. The lowest BCUT2D eigenvalue weighted by molar-refractivity contribution is 0.304. The van der Waals surface area contributed by atoms with Crippen LogP contribution in [0.25, 0.3) is 0 Å². The second-order valence-electron chi connectivity index (χ2n) is 5.24. The molecule has 0 fully saturated rings. The molecule has 0 aliphatic carbocycles. The molecular weight excluding hydrogens is 246 g/mol. The zero-order valence-corrected chi connectivity index (χ0v) is 11.8. The first kappa shape index (κ1) is 15.4. The molecule has 4 N–H and O–H groups in total. The van der Waals surface area contributed by atoms with E-state index in [0.717, 1.165) is 25.8 Å². The van der Waals surface area contributed by atoms with E-state index in [4.69, 9.17) is 15.5 Å². The number of oxime groups is 1. The molecule has 7 heteroatoms. The van der Waals surface area contributed by atoms with Crippen LogP contribution in [0, 0.1) is 12.3 Å². The molecule has 0 aliphatic heterocycles. The van der Waals surface area contributed by atoms with Gasteiger partial charge in [0.2, 0.25) is 5.89 Å². The molecule has 0 atom stereocenters. The molecule has 0 radical (unpaired) electrons. The molecule has 19 heavy (non-hydrogen) atoms. The fraction of sp³-hybridized carbons (Fsp3) is 0.750. The number of nitrogens with zero attached hydrogens (tertiary/aromatic N) is 3. The van der Waals surface area contributed by atoms with Gasteiger partial charge in [0.25, 0.3) is 0 Å². The van der Waals surface area contributed by atoms with Crippen LogP contribution in [-0.4, -0.2) is 27.7 Å². The van der Waals surface area contributed by atoms with Crippen molar-refractivity contribution in [3.05, 3.63) is 11.7 Å². The van der Waals surface area contributed by atoms with Crippen molar-refractivity contribution in [2.45, 2.75) is 46.6 Å². The third kappa shape index (κ3) is 5.25. The minimum Gasteiger partial charge on any atom is -0.409 e. The van der Waals surface area contributed by atoms with Crippen molar-refractivity contribution in [3.63, 3.8) is 0 Å². The van der Waals surface area contributed by atoms with Gasteiger partial charge in [-0.05, 0) is 26.3 Å². The van der Waals surface area contributed by atoms with Crippen LogP contribution in [0.4, 0.5) is 0 Å². The zero-order chi connectivity index (χ0) is 14.3. The molecule has 0 bridgehead atoms. The van der Waals surface area contributed by atoms with Crippen molar-refractivity contribution in [2.24, 2.45) is 16.3 Å². The van der Waals surface area contributed by atoms with Crippen molar-refractivity contribution in [1.82, 2.24) is 15.5 Å². The maximum Gasteiger partial charge on any atom is 0.240 e. The van der Waals surface area contributed by atoms with Crippen LogP contribution in [0.1, 0.15) is 44.8 Å². The van der Waals surface area contributed by atoms with Crippen LogP contribution in [0.3, 0.4) is 0 Å². The predicted molar refractivity (Wildman–Crippen MR) is 71.8 cm³/mol. The summed E-state index contributed by atoms with van der Waals surface area (Å²) in [5.41, 5.74) is 5.36. The Morgan fingerprint density at radius 1 is 1.47 bits per heavy atom. The van der Waals surface area contributed by atoms with Crippen molar-refractivity contribution >= 4 is 5.84 Å².